The highest BCUT2D eigenvalue weighted by atomic mass is 35.5. The number of carbonyl (C=O) groups excluding carboxylic acids is 2. The topological polar surface area (TPSA) is 111 Å². The smallest absolute Gasteiger partial charge is 0.291 e. The number of hydrogen-bond donors (Lipinski definition) is 2. The molecule has 1 aliphatic rings. The van der Waals surface area contributed by atoms with E-state index in [1.807, 2.05) is 6.07 Å². The third-order valence-corrected chi connectivity index (χ3v) is 4.84. The summed E-state index contributed by atoms with van der Waals surface area (Å²) in [4.78, 5) is 32.7. The molecule has 0 radical (unpaired) electrons. The third kappa shape index (κ3) is 4.11. The summed E-state index contributed by atoms with van der Waals surface area (Å²) in [6, 6.07) is 10.3. The number of pyridine rings is 1. The first kappa shape index (κ1) is 19.0. The van der Waals surface area contributed by atoms with Crippen molar-refractivity contribution in [1.82, 2.24) is 4.98 Å². The molecule has 0 aliphatic carbocycles. The zero-order valence-corrected chi connectivity index (χ0v) is 16.1. The van der Waals surface area contributed by atoms with E-state index in [9.17, 15) is 9.59 Å². The maximum absolute atomic E-state index is 12.2. The molecule has 0 unspecified atom stereocenters. The number of nitrogens with zero attached hydrogens (tertiary/aromatic N) is 2. The van der Waals surface area contributed by atoms with Crippen molar-refractivity contribution in [2.75, 3.05) is 11.9 Å². The number of ketones is 1. The van der Waals surface area contributed by atoms with Crippen LogP contribution in [0.5, 0.6) is 0 Å². The van der Waals surface area contributed by atoms with Crippen LogP contribution in [-0.2, 0) is 17.6 Å². The number of amides is 1. The molecule has 0 saturated carbocycles. The lowest BCUT2D eigenvalue weighted by atomic mass is 10.0. The molecule has 0 spiro atoms. The zero-order chi connectivity index (χ0) is 20.4. The normalized spacial score (nSPS) is 12.4. The highest BCUT2D eigenvalue weighted by molar-refractivity contribution is 6.34. The standard InChI is InChI=1S/C21H17ClN4O3/c22-17-4-3-14(25-21(28)19-2-1-5-29-19)9-16(17)18-8-13-6-12(7-15(27)10-23)11-24-20(13)26-18/h1-6,9,11H,7-8,10,23H2,(H,25,28). The van der Waals surface area contributed by atoms with Crippen LogP contribution >= 0.6 is 11.6 Å². The number of nitrogens with one attached hydrogen (secondary N) is 1. The lowest BCUT2D eigenvalue weighted by Gasteiger charge is -2.08. The summed E-state index contributed by atoms with van der Waals surface area (Å²) in [6.07, 6.45) is 3.86. The fourth-order valence-corrected chi connectivity index (χ4v) is 3.33. The summed E-state index contributed by atoms with van der Waals surface area (Å²) in [7, 11) is 0. The van der Waals surface area contributed by atoms with Gasteiger partial charge >= 0.3 is 0 Å². The number of hydrogen-bond acceptors (Lipinski definition) is 6. The minimum absolute atomic E-state index is 0.00492. The molecule has 7 nitrogen and oxygen atoms in total. The Morgan fingerprint density at radius 3 is 2.86 bits per heavy atom. The molecule has 3 heterocycles. The van der Waals surface area contributed by atoms with Crippen molar-refractivity contribution in [3.05, 3.63) is 76.3 Å². The highest BCUT2D eigenvalue weighted by Crippen LogP contribution is 2.31. The molecule has 3 aromatic rings. The number of carbonyl (C=O) groups is 2. The van der Waals surface area contributed by atoms with Gasteiger partial charge in [0.25, 0.3) is 5.91 Å². The summed E-state index contributed by atoms with van der Waals surface area (Å²) in [6.45, 7) is 0.00492. The first-order valence-electron chi connectivity index (χ1n) is 8.95. The first-order chi connectivity index (χ1) is 14.0. The Bertz CT molecular complexity index is 1120. The minimum atomic E-state index is -0.351. The van der Waals surface area contributed by atoms with E-state index in [1.165, 1.54) is 6.26 Å². The van der Waals surface area contributed by atoms with Crippen LogP contribution in [0.25, 0.3) is 0 Å². The second kappa shape index (κ2) is 7.98. The largest absolute Gasteiger partial charge is 0.459 e. The third-order valence-electron chi connectivity index (χ3n) is 4.51. The van der Waals surface area contributed by atoms with Gasteiger partial charge in [-0.05, 0) is 42.0 Å². The summed E-state index contributed by atoms with van der Waals surface area (Å²) < 4.78 is 5.11. The van der Waals surface area contributed by atoms with E-state index in [2.05, 4.69) is 15.3 Å². The highest BCUT2D eigenvalue weighted by Gasteiger charge is 2.21. The number of benzene rings is 1. The fourth-order valence-electron chi connectivity index (χ4n) is 3.11. The summed E-state index contributed by atoms with van der Waals surface area (Å²) in [5, 5.41) is 3.30. The Kier molecular flexibility index (Phi) is 5.24. The lowest BCUT2D eigenvalue weighted by molar-refractivity contribution is -0.117. The molecule has 1 amide bonds. The van der Waals surface area contributed by atoms with Gasteiger partial charge in [0.2, 0.25) is 0 Å². The van der Waals surface area contributed by atoms with Gasteiger partial charge in [-0.3, -0.25) is 9.59 Å². The van der Waals surface area contributed by atoms with Crippen molar-refractivity contribution in [3.8, 4) is 0 Å². The Morgan fingerprint density at radius 1 is 1.24 bits per heavy atom. The second-order valence-corrected chi connectivity index (χ2v) is 7.01. The predicted octanol–water partition coefficient (Wildman–Crippen LogP) is 3.33. The summed E-state index contributed by atoms with van der Waals surface area (Å²) >= 11 is 6.38. The van der Waals surface area contributed by atoms with E-state index in [-0.39, 0.29) is 30.4 Å². The molecule has 0 bridgehead atoms. The van der Waals surface area contributed by atoms with Crippen LogP contribution in [0.4, 0.5) is 11.5 Å². The SMILES string of the molecule is NCC(=O)Cc1cnc2c(c1)CC(c1cc(NC(=O)c3ccco3)ccc1Cl)=N2. The molecule has 8 heteroatoms. The quantitative estimate of drug-likeness (QED) is 0.649. The van der Waals surface area contributed by atoms with E-state index in [1.54, 1.807) is 36.5 Å². The number of halogens is 1. The zero-order valence-electron chi connectivity index (χ0n) is 15.3. The molecule has 29 heavy (non-hydrogen) atoms. The van der Waals surface area contributed by atoms with E-state index >= 15 is 0 Å². The maximum Gasteiger partial charge on any atom is 0.291 e. The average Bonchev–Trinajstić information content (AvgIpc) is 3.38. The van der Waals surface area contributed by atoms with Crippen molar-refractivity contribution >= 4 is 40.5 Å². The molecule has 1 aromatic carbocycles. The molecule has 4 rings (SSSR count). The molecular weight excluding hydrogens is 392 g/mol. The van der Waals surface area contributed by atoms with Crippen molar-refractivity contribution in [2.45, 2.75) is 12.8 Å². The van der Waals surface area contributed by atoms with Crippen LogP contribution in [0.3, 0.4) is 0 Å². The number of aliphatic imine (C=N–C) groups is 1. The number of fused-ring (bicyclic) bond motifs is 1. The number of rotatable bonds is 6. The molecule has 0 fully saturated rings. The fraction of sp³-hybridized carbons (Fsp3) is 0.143. The van der Waals surface area contributed by atoms with Gasteiger partial charge in [-0.1, -0.05) is 11.6 Å². The van der Waals surface area contributed by atoms with Crippen LogP contribution in [0, 0.1) is 0 Å². The number of furan rings is 1. The second-order valence-electron chi connectivity index (χ2n) is 6.61. The first-order valence-corrected chi connectivity index (χ1v) is 9.33. The number of Topliss-reactive ketones (excluding diaryl/α,β-unsaturated/α-hetero) is 1. The van der Waals surface area contributed by atoms with Gasteiger partial charge in [0.05, 0.1) is 18.5 Å². The van der Waals surface area contributed by atoms with Crippen molar-refractivity contribution in [1.29, 1.82) is 0 Å². The lowest BCUT2D eigenvalue weighted by Crippen LogP contribution is -2.15. The minimum Gasteiger partial charge on any atom is -0.459 e. The Labute approximate surface area is 171 Å². The Balaban J connectivity index is 1.55. The van der Waals surface area contributed by atoms with E-state index in [4.69, 9.17) is 21.8 Å². The van der Waals surface area contributed by atoms with Gasteiger partial charge < -0.3 is 15.5 Å². The van der Waals surface area contributed by atoms with Crippen LogP contribution < -0.4 is 11.1 Å². The molecule has 1 aliphatic heterocycles. The Morgan fingerprint density at radius 2 is 2.10 bits per heavy atom. The van der Waals surface area contributed by atoms with Gasteiger partial charge in [0, 0.05) is 40.9 Å². The van der Waals surface area contributed by atoms with Crippen LogP contribution in [0.2, 0.25) is 5.02 Å². The van der Waals surface area contributed by atoms with E-state index < -0.39 is 0 Å². The van der Waals surface area contributed by atoms with Gasteiger partial charge in [-0.2, -0.15) is 0 Å². The number of nitrogens with two attached hydrogens (primary N) is 1. The average molecular weight is 409 g/mol. The van der Waals surface area contributed by atoms with Crippen molar-refractivity contribution in [3.63, 3.8) is 0 Å². The molecule has 146 valence electrons. The maximum atomic E-state index is 12.2. The monoisotopic (exact) mass is 408 g/mol. The van der Waals surface area contributed by atoms with E-state index in [0.29, 0.717) is 28.5 Å². The van der Waals surface area contributed by atoms with Gasteiger partial charge in [-0.25, -0.2) is 9.98 Å². The van der Waals surface area contributed by atoms with E-state index in [0.717, 1.165) is 16.8 Å². The molecule has 0 atom stereocenters. The molecule has 2 aromatic heterocycles. The van der Waals surface area contributed by atoms with Crippen molar-refractivity contribution in [2.24, 2.45) is 10.7 Å². The predicted molar refractivity (Wildman–Crippen MR) is 110 cm³/mol. The van der Waals surface area contributed by atoms with Crippen LogP contribution in [0.1, 0.15) is 27.2 Å². The summed E-state index contributed by atoms with van der Waals surface area (Å²) in [5.41, 5.74) is 9.14. The molecule has 3 N–H and O–H groups in total. The number of anilines is 1. The van der Waals surface area contributed by atoms with Gasteiger partial charge in [0.1, 0.15) is 0 Å². The molecular formula is C21H17ClN4O3. The Hall–Kier alpha value is -3.29. The van der Waals surface area contributed by atoms with Crippen LogP contribution in [0.15, 0.2) is 58.3 Å². The van der Waals surface area contributed by atoms with Gasteiger partial charge in [-0.15, -0.1) is 0 Å². The van der Waals surface area contributed by atoms with Crippen LogP contribution in [-0.4, -0.2) is 28.9 Å². The van der Waals surface area contributed by atoms with Crippen molar-refractivity contribution < 1.29 is 14.0 Å². The summed E-state index contributed by atoms with van der Waals surface area (Å²) in [5.74, 6) is 0.422. The molecule has 0 saturated heterocycles. The van der Waals surface area contributed by atoms with Gasteiger partial charge in [0.15, 0.2) is 17.4 Å². The number of aromatic nitrogens is 1.